The first-order chi connectivity index (χ1) is 8.16. The van der Waals surface area contributed by atoms with Crippen LogP contribution >= 0.6 is 11.6 Å². The number of nitrogens with zero attached hydrogens (tertiary/aromatic N) is 5. The average Bonchev–Trinajstić information content (AvgIpc) is 2.80. The number of halogens is 1. The Labute approximate surface area is 102 Å². The third kappa shape index (κ3) is 2.76. The quantitative estimate of drug-likeness (QED) is 0.860. The first-order valence-electron chi connectivity index (χ1n) is 4.74. The number of hydrogen-bond acceptors (Lipinski definition) is 5. The summed E-state index contributed by atoms with van der Waals surface area (Å²) in [7, 11) is 1.63. The molecule has 2 rings (SSSR count). The summed E-state index contributed by atoms with van der Waals surface area (Å²) in [5.74, 6) is 0.312. The van der Waals surface area contributed by atoms with E-state index in [4.69, 9.17) is 11.6 Å². The molecule has 2 aromatic rings. The van der Waals surface area contributed by atoms with Crippen molar-refractivity contribution in [2.45, 2.75) is 6.54 Å². The van der Waals surface area contributed by atoms with Crippen LogP contribution in [0.25, 0.3) is 0 Å². The molecule has 0 bridgehead atoms. The summed E-state index contributed by atoms with van der Waals surface area (Å²) in [6.07, 6.45) is 4.12. The monoisotopic (exact) mass is 252 g/mol. The molecule has 0 spiro atoms. The molecule has 0 saturated carbocycles. The number of aromatic amines is 1. The SMILES string of the molecule is CN(Cc1ncn[nH]1)C(=O)c1cncc(Cl)n1. The molecule has 0 aliphatic heterocycles. The number of nitrogens with one attached hydrogen (secondary N) is 1. The highest BCUT2D eigenvalue weighted by molar-refractivity contribution is 6.29. The van der Waals surface area contributed by atoms with Crippen molar-refractivity contribution in [3.05, 3.63) is 35.4 Å². The van der Waals surface area contributed by atoms with Gasteiger partial charge in [-0.2, -0.15) is 5.10 Å². The van der Waals surface area contributed by atoms with Crippen molar-refractivity contribution in [1.82, 2.24) is 30.0 Å². The van der Waals surface area contributed by atoms with Gasteiger partial charge < -0.3 is 4.90 Å². The molecule has 0 aliphatic rings. The van der Waals surface area contributed by atoms with Gasteiger partial charge in [-0.25, -0.2) is 9.97 Å². The second kappa shape index (κ2) is 4.88. The van der Waals surface area contributed by atoms with Gasteiger partial charge in [0.2, 0.25) is 0 Å². The molecule has 0 unspecified atom stereocenters. The molecular weight excluding hydrogens is 244 g/mol. The minimum Gasteiger partial charge on any atom is -0.333 e. The van der Waals surface area contributed by atoms with Gasteiger partial charge in [0, 0.05) is 7.05 Å². The van der Waals surface area contributed by atoms with E-state index in [1.54, 1.807) is 7.05 Å². The van der Waals surface area contributed by atoms with Crippen LogP contribution in [0.2, 0.25) is 5.15 Å². The van der Waals surface area contributed by atoms with Crippen LogP contribution in [0, 0.1) is 0 Å². The predicted octanol–water partition coefficient (Wildman–Crippen LogP) is 0.520. The Balaban J connectivity index is 2.09. The summed E-state index contributed by atoms with van der Waals surface area (Å²) in [4.78, 5) is 25.0. The van der Waals surface area contributed by atoms with Gasteiger partial charge in [-0.1, -0.05) is 11.6 Å². The molecule has 0 atom stereocenters. The maximum absolute atomic E-state index is 11.9. The molecule has 0 radical (unpaired) electrons. The molecular formula is C9H9ClN6O. The molecule has 7 nitrogen and oxygen atoms in total. The molecule has 2 aromatic heterocycles. The fourth-order valence-electron chi connectivity index (χ4n) is 1.24. The molecule has 0 aromatic carbocycles. The number of hydrogen-bond donors (Lipinski definition) is 1. The van der Waals surface area contributed by atoms with E-state index in [1.807, 2.05) is 0 Å². The highest BCUT2D eigenvalue weighted by Gasteiger charge is 2.15. The van der Waals surface area contributed by atoms with Crippen LogP contribution in [0.5, 0.6) is 0 Å². The standard InChI is InChI=1S/C9H9ClN6O/c1-16(4-8-12-5-13-15-8)9(17)6-2-11-3-7(10)14-6/h2-3,5H,4H2,1H3,(H,12,13,15). The van der Waals surface area contributed by atoms with Crippen molar-refractivity contribution in [3.63, 3.8) is 0 Å². The van der Waals surface area contributed by atoms with E-state index in [2.05, 4.69) is 25.1 Å². The molecule has 0 aliphatic carbocycles. The second-order valence-corrected chi connectivity index (χ2v) is 3.71. The average molecular weight is 253 g/mol. The van der Waals surface area contributed by atoms with Crippen LogP contribution < -0.4 is 0 Å². The van der Waals surface area contributed by atoms with Gasteiger partial charge >= 0.3 is 0 Å². The third-order valence-electron chi connectivity index (χ3n) is 2.02. The molecule has 17 heavy (non-hydrogen) atoms. The number of carbonyl (C=O) groups excluding carboxylic acids is 1. The molecule has 1 N–H and O–H groups in total. The summed E-state index contributed by atoms with van der Waals surface area (Å²) in [5, 5.41) is 6.55. The highest BCUT2D eigenvalue weighted by Crippen LogP contribution is 2.06. The summed E-state index contributed by atoms with van der Waals surface area (Å²) in [5.41, 5.74) is 0.194. The lowest BCUT2D eigenvalue weighted by Crippen LogP contribution is -2.27. The van der Waals surface area contributed by atoms with Gasteiger partial charge in [-0.05, 0) is 0 Å². The Morgan fingerprint density at radius 1 is 1.53 bits per heavy atom. The molecule has 8 heteroatoms. The van der Waals surface area contributed by atoms with Gasteiger partial charge in [0.25, 0.3) is 5.91 Å². The van der Waals surface area contributed by atoms with Crippen LogP contribution in [-0.2, 0) is 6.54 Å². The van der Waals surface area contributed by atoms with Crippen molar-refractivity contribution < 1.29 is 4.79 Å². The zero-order valence-corrected chi connectivity index (χ0v) is 9.72. The third-order valence-corrected chi connectivity index (χ3v) is 2.20. The zero-order chi connectivity index (χ0) is 12.3. The summed E-state index contributed by atoms with van der Waals surface area (Å²) >= 11 is 5.66. The van der Waals surface area contributed by atoms with Gasteiger partial charge in [0.05, 0.1) is 18.9 Å². The van der Waals surface area contributed by atoms with Crippen LogP contribution in [0.3, 0.4) is 0 Å². The first-order valence-corrected chi connectivity index (χ1v) is 5.12. The Morgan fingerprint density at radius 3 is 3.00 bits per heavy atom. The van der Waals surface area contributed by atoms with Gasteiger partial charge in [-0.15, -0.1) is 0 Å². The molecule has 2 heterocycles. The number of carbonyl (C=O) groups is 1. The predicted molar refractivity (Wildman–Crippen MR) is 59.2 cm³/mol. The Kier molecular flexibility index (Phi) is 3.29. The number of H-pyrrole nitrogens is 1. The zero-order valence-electron chi connectivity index (χ0n) is 8.96. The summed E-state index contributed by atoms with van der Waals surface area (Å²) < 4.78 is 0. The van der Waals surface area contributed by atoms with Crippen molar-refractivity contribution in [1.29, 1.82) is 0 Å². The Morgan fingerprint density at radius 2 is 2.35 bits per heavy atom. The molecule has 1 amide bonds. The van der Waals surface area contributed by atoms with Gasteiger partial charge in [0.1, 0.15) is 23.0 Å². The van der Waals surface area contributed by atoms with E-state index in [9.17, 15) is 4.79 Å². The molecule has 0 saturated heterocycles. The van der Waals surface area contributed by atoms with Crippen LogP contribution in [0.4, 0.5) is 0 Å². The highest BCUT2D eigenvalue weighted by atomic mass is 35.5. The van der Waals surface area contributed by atoms with E-state index in [0.717, 1.165) is 0 Å². The summed E-state index contributed by atoms with van der Waals surface area (Å²) in [6, 6.07) is 0. The number of rotatable bonds is 3. The normalized spacial score (nSPS) is 10.2. The lowest BCUT2D eigenvalue weighted by atomic mass is 10.4. The lowest BCUT2D eigenvalue weighted by Gasteiger charge is -2.14. The lowest BCUT2D eigenvalue weighted by molar-refractivity contribution is 0.0775. The molecule has 88 valence electrons. The minimum absolute atomic E-state index is 0.184. The Hall–Kier alpha value is -2.02. The van der Waals surface area contributed by atoms with Crippen molar-refractivity contribution in [2.75, 3.05) is 7.05 Å². The van der Waals surface area contributed by atoms with E-state index < -0.39 is 0 Å². The van der Waals surface area contributed by atoms with Crippen LogP contribution in [0.1, 0.15) is 16.3 Å². The van der Waals surface area contributed by atoms with Crippen LogP contribution in [-0.4, -0.2) is 43.0 Å². The van der Waals surface area contributed by atoms with Crippen molar-refractivity contribution in [3.8, 4) is 0 Å². The number of amides is 1. The van der Waals surface area contributed by atoms with Crippen molar-refractivity contribution in [2.24, 2.45) is 0 Å². The maximum atomic E-state index is 11.9. The van der Waals surface area contributed by atoms with Crippen molar-refractivity contribution >= 4 is 17.5 Å². The van der Waals surface area contributed by atoms with Crippen LogP contribution in [0.15, 0.2) is 18.7 Å². The van der Waals surface area contributed by atoms with E-state index in [0.29, 0.717) is 12.4 Å². The smallest absolute Gasteiger partial charge is 0.274 e. The summed E-state index contributed by atoms with van der Waals surface area (Å²) in [6.45, 7) is 0.313. The van der Waals surface area contributed by atoms with E-state index in [-0.39, 0.29) is 16.8 Å². The second-order valence-electron chi connectivity index (χ2n) is 3.32. The minimum atomic E-state index is -0.281. The Bertz CT molecular complexity index is 514. The fraction of sp³-hybridized carbons (Fsp3) is 0.222. The van der Waals surface area contributed by atoms with Gasteiger partial charge in [-0.3, -0.25) is 14.9 Å². The number of aromatic nitrogens is 5. The topological polar surface area (TPSA) is 87.7 Å². The fourth-order valence-corrected chi connectivity index (χ4v) is 1.39. The van der Waals surface area contributed by atoms with E-state index >= 15 is 0 Å². The molecule has 0 fully saturated rings. The van der Waals surface area contributed by atoms with E-state index in [1.165, 1.54) is 23.6 Å². The maximum Gasteiger partial charge on any atom is 0.274 e. The first kappa shape index (κ1) is 11.5. The van der Waals surface area contributed by atoms with Gasteiger partial charge in [0.15, 0.2) is 0 Å². The largest absolute Gasteiger partial charge is 0.333 e.